The number of nitrogen functional groups attached to an aromatic ring is 1. The summed E-state index contributed by atoms with van der Waals surface area (Å²) >= 11 is 0. The molecule has 0 atom stereocenters. The zero-order valence-corrected chi connectivity index (χ0v) is 8.87. The van der Waals surface area contributed by atoms with Crippen molar-refractivity contribution in [2.45, 2.75) is 0 Å². The Hall–Kier alpha value is -1.91. The number of ether oxygens (including phenoxy) is 3. The van der Waals surface area contributed by atoms with E-state index in [-0.39, 0.29) is 5.56 Å². The number of hydrogen-bond donors (Lipinski definition) is 1. The molecule has 2 N–H and O–H groups in total. The summed E-state index contributed by atoms with van der Waals surface area (Å²) < 4.78 is 14.7. The van der Waals surface area contributed by atoms with Crippen LogP contribution in [0, 0.1) is 0 Å². The molecule has 1 aromatic rings. The summed E-state index contributed by atoms with van der Waals surface area (Å²) in [6.07, 6.45) is 0. The monoisotopic (exact) mass is 211 g/mol. The van der Waals surface area contributed by atoms with Crippen molar-refractivity contribution in [1.82, 2.24) is 0 Å². The minimum absolute atomic E-state index is 0.247. The summed E-state index contributed by atoms with van der Waals surface area (Å²) in [6, 6.07) is 3.05. The highest BCUT2D eigenvalue weighted by Crippen LogP contribution is 2.33. The van der Waals surface area contributed by atoms with E-state index in [4.69, 9.17) is 15.2 Å². The van der Waals surface area contributed by atoms with Gasteiger partial charge in [0.25, 0.3) is 0 Å². The number of hydrogen-bond acceptors (Lipinski definition) is 5. The van der Waals surface area contributed by atoms with Crippen molar-refractivity contribution in [1.29, 1.82) is 0 Å². The third-order valence-electron chi connectivity index (χ3n) is 1.91. The van der Waals surface area contributed by atoms with Crippen LogP contribution in [0.1, 0.15) is 10.4 Å². The molecule has 0 spiro atoms. The Bertz CT molecular complexity index is 376. The van der Waals surface area contributed by atoms with Crippen LogP contribution >= 0.6 is 0 Å². The van der Waals surface area contributed by atoms with E-state index in [1.54, 1.807) is 6.07 Å². The van der Waals surface area contributed by atoms with E-state index in [0.717, 1.165) is 0 Å². The molecule has 0 fully saturated rings. The molecule has 1 rings (SSSR count). The first kappa shape index (κ1) is 11.2. The van der Waals surface area contributed by atoms with Crippen LogP contribution in [-0.4, -0.2) is 27.3 Å². The highest BCUT2D eigenvalue weighted by atomic mass is 16.5. The highest BCUT2D eigenvalue weighted by molar-refractivity contribution is 5.94. The molecule has 0 aliphatic carbocycles. The van der Waals surface area contributed by atoms with Crippen molar-refractivity contribution in [2.24, 2.45) is 0 Å². The van der Waals surface area contributed by atoms with Gasteiger partial charge >= 0.3 is 5.97 Å². The van der Waals surface area contributed by atoms with Gasteiger partial charge in [-0.2, -0.15) is 0 Å². The van der Waals surface area contributed by atoms with Crippen molar-refractivity contribution in [2.75, 3.05) is 27.1 Å². The standard InChI is InChI=1S/C10H13NO4/c1-13-8-5-6(11)4-7(9(8)14-2)10(12)15-3/h4-5H,11H2,1-3H3. The molecule has 1 aromatic carbocycles. The van der Waals surface area contributed by atoms with Gasteiger partial charge in [-0.3, -0.25) is 0 Å². The average Bonchev–Trinajstić information content (AvgIpc) is 2.26. The van der Waals surface area contributed by atoms with Crippen LogP contribution in [0.5, 0.6) is 11.5 Å². The van der Waals surface area contributed by atoms with Gasteiger partial charge in [0, 0.05) is 11.8 Å². The lowest BCUT2D eigenvalue weighted by Gasteiger charge is -2.12. The molecule has 0 saturated heterocycles. The second-order valence-corrected chi connectivity index (χ2v) is 2.80. The normalized spacial score (nSPS) is 9.53. The van der Waals surface area contributed by atoms with Crippen LogP contribution in [0.2, 0.25) is 0 Å². The molecule has 0 aliphatic rings. The first-order valence-electron chi connectivity index (χ1n) is 4.23. The Labute approximate surface area is 87.7 Å². The van der Waals surface area contributed by atoms with Gasteiger partial charge in [-0.05, 0) is 6.07 Å². The molecular weight excluding hydrogens is 198 g/mol. The fourth-order valence-corrected chi connectivity index (χ4v) is 1.25. The summed E-state index contributed by atoms with van der Waals surface area (Å²) in [5.74, 6) is 0.203. The van der Waals surface area contributed by atoms with Gasteiger partial charge in [0.15, 0.2) is 11.5 Å². The predicted octanol–water partition coefficient (Wildman–Crippen LogP) is 1.07. The molecule has 0 bridgehead atoms. The number of anilines is 1. The Balaban J connectivity index is 3.35. The maximum Gasteiger partial charge on any atom is 0.341 e. The lowest BCUT2D eigenvalue weighted by Crippen LogP contribution is -2.06. The quantitative estimate of drug-likeness (QED) is 0.598. The number of benzene rings is 1. The molecule has 0 radical (unpaired) electrons. The zero-order valence-electron chi connectivity index (χ0n) is 8.87. The summed E-state index contributed by atoms with van der Waals surface area (Å²) in [4.78, 5) is 11.4. The van der Waals surface area contributed by atoms with Crippen LogP contribution in [0.3, 0.4) is 0 Å². The van der Waals surface area contributed by atoms with E-state index >= 15 is 0 Å². The van der Waals surface area contributed by atoms with Crippen LogP contribution in [0.4, 0.5) is 5.69 Å². The van der Waals surface area contributed by atoms with Gasteiger partial charge in [-0.1, -0.05) is 0 Å². The van der Waals surface area contributed by atoms with Crippen molar-refractivity contribution < 1.29 is 19.0 Å². The third kappa shape index (κ3) is 2.12. The van der Waals surface area contributed by atoms with Crippen molar-refractivity contribution >= 4 is 11.7 Å². The molecule has 0 aromatic heterocycles. The number of esters is 1. The SMILES string of the molecule is COC(=O)c1cc(N)cc(OC)c1OC. The van der Waals surface area contributed by atoms with Gasteiger partial charge in [-0.25, -0.2) is 4.79 Å². The molecule has 5 nitrogen and oxygen atoms in total. The van der Waals surface area contributed by atoms with Crippen LogP contribution in [0.15, 0.2) is 12.1 Å². The van der Waals surface area contributed by atoms with Gasteiger partial charge in [0.2, 0.25) is 0 Å². The molecule has 0 aliphatic heterocycles. The molecule has 0 amide bonds. The molecule has 5 heteroatoms. The first-order chi connectivity index (χ1) is 7.13. The minimum Gasteiger partial charge on any atom is -0.493 e. The van der Waals surface area contributed by atoms with Gasteiger partial charge in [-0.15, -0.1) is 0 Å². The Morgan fingerprint density at radius 2 is 1.87 bits per heavy atom. The lowest BCUT2D eigenvalue weighted by molar-refractivity contribution is 0.0596. The molecule has 15 heavy (non-hydrogen) atoms. The molecule has 0 heterocycles. The topological polar surface area (TPSA) is 70.8 Å². The third-order valence-corrected chi connectivity index (χ3v) is 1.91. The van der Waals surface area contributed by atoms with Crippen LogP contribution in [-0.2, 0) is 4.74 Å². The van der Waals surface area contributed by atoms with E-state index in [2.05, 4.69) is 4.74 Å². The second-order valence-electron chi connectivity index (χ2n) is 2.80. The smallest absolute Gasteiger partial charge is 0.341 e. The van der Waals surface area contributed by atoms with Crippen molar-refractivity contribution in [3.05, 3.63) is 17.7 Å². The summed E-state index contributed by atoms with van der Waals surface area (Å²) in [6.45, 7) is 0. The van der Waals surface area contributed by atoms with Crippen molar-refractivity contribution in [3.63, 3.8) is 0 Å². The summed E-state index contributed by atoms with van der Waals surface area (Å²) in [5.41, 5.74) is 6.27. The highest BCUT2D eigenvalue weighted by Gasteiger charge is 2.18. The minimum atomic E-state index is -0.516. The van der Waals surface area contributed by atoms with E-state index in [0.29, 0.717) is 17.2 Å². The Morgan fingerprint density at radius 1 is 1.20 bits per heavy atom. The number of rotatable bonds is 3. The zero-order chi connectivity index (χ0) is 11.4. The average molecular weight is 211 g/mol. The molecular formula is C10H13NO4. The Kier molecular flexibility index (Phi) is 3.38. The second kappa shape index (κ2) is 4.54. The van der Waals surface area contributed by atoms with Gasteiger partial charge in [0.1, 0.15) is 5.56 Å². The number of carbonyl (C=O) groups excluding carboxylic acids is 1. The summed E-state index contributed by atoms with van der Waals surface area (Å²) in [7, 11) is 4.20. The first-order valence-corrected chi connectivity index (χ1v) is 4.23. The van der Waals surface area contributed by atoms with E-state index < -0.39 is 5.97 Å². The van der Waals surface area contributed by atoms with E-state index in [9.17, 15) is 4.79 Å². The lowest BCUT2D eigenvalue weighted by atomic mass is 10.1. The van der Waals surface area contributed by atoms with E-state index in [1.807, 2.05) is 0 Å². The molecule has 82 valence electrons. The van der Waals surface area contributed by atoms with Crippen molar-refractivity contribution in [3.8, 4) is 11.5 Å². The predicted molar refractivity (Wildman–Crippen MR) is 55.3 cm³/mol. The van der Waals surface area contributed by atoms with Gasteiger partial charge < -0.3 is 19.9 Å². The maximum atomic E-state index is 11.4. The van der Waals surface area contributed by atoms with E-state index in [1.165, 1.54) is 27.4 Å². The maximum absolute atomic E-state index is 11.4. The fourth-order valence-electron chi connectivity index (χ4n) is 1.25. The Morgan fingerprint density at radius 3 is 2.33 bits per heavy atom. The van der Waals surface area contributed by atoms with Crippen LogP contribution in [0.25, 0.3) is 0 Å². The number of carbonyl (C=O) groups is 1. The molecule has 0 saturated carbocycles. The molecule has 0 unspecified atom stereocenters. The van der Waals surface area contributed by atoms with Gasteiger partial charge in [0.05, 0.1) is 21.3 Å². The fraction of sp³-hybridized carbons (Fsp3) is 0.300. The summed E-state index contributed by atoms with van der Waals surface area (Å²) in [5, 5.41) is 0. The number of methoxy groups -OCH3 is 3. The largest absolute Gasteiger partial charge is 0.493 e. The number of nitrogens with two attached hydrogens (primary N) is 1. The van der Waals surface area contributed by atoms with Crippen LogP contribution < -0.4 is 15.2 Å².